The SMILES string of the molecule is Cc1cccc(C)c1C(O)OC=O. The molecule has 13 heavy (non-hydrogen) atoms. The number of carbonyl (C=O) groups is 1. The van der Waals surface area contributed by atoms with Crippen LogP contribution in [0.4, 0.5) is 0 Å². The highest BCUT2D eigenvalue weighted by Gasteiger charge is 2.12. The van der Waals surface area contributed by atoms with Crippen LogP contribution in [0.1, 0.15) is 23.0 Å². The van der Waals surface area contributed by atoms with Gasteiger partial charge in [0.05, 0.1) is 0 Å². The Kier molecular flexibility index (Phi) is 3.03. The smallest absolute Gasteiger partial charge is 0.295 e. The van der Waals surface area contributed by atoms with Gasteiger partial charge in [0.15, 0.2) is 0 Å². The predicted octanol–water partition coefficient (Wildman–Crippen LogP) is 1.47. The van der Waals surface area contributed by atoms with E-state index in [0.717, 1.165) is 11.1 Å². The Bertz CT molecular complexity index is 287. The van der Waals surface area contributed by atoms with Crippen LogP contribution in [0.3, 0.4) is 0 Å². The van der Waals surface area contributed by atoms with Gasteiger partial charge in [-0.25, -0.2) is 0 Å². The molecule has 0 heterocycles. The predicted molar refractivity (Wildman–Crippen MR) is 48.0 cm³/mol. The molecule has 0 saturated carbocycles. The summed E-state index contributed by atoms with van der Waals surface area (Å²) in [6, 6.07) is 5.61. The van der Waals surface area contributed by atoms with Gasteiger partial charge in [0, 0.05) is 5.56 Å². The average Bonchev–Trinajstić information content (AvgIpc) is 2.04. The molecule has 1 N–H and O–H groups in total. The molecule has 1 rings (SSSR count). The number of carbonyl (C=O) groups excluding carboxylic acids is 1. The molecule has 70 valence electrons. The molecule has 0 spiro atoms. The fourth-order valence-electron chi connectivity index (χ4n) is 1.34. The molecule has 0 fully saturated rings. The van der Waals surface area contributed by atoms with Gasteiger partial charge in [0.1, 0.15) is 0 Å². The summed E-state index contributed by atoms with van der Waals surface area (Å²) in [5.41, 5.74) is 2.48. The van der Waals surface area contributed by atoms with Crippen molar-refractivity contribution in [2.45, 2.75) is 20.1 Å². The summed E-state index contributed by atoms with van der Waals surface area (Å²) in [7, 11) is 0. The first-order chi connectivity index (χ1) is 6.16. The fraction of sp³-hybridized carbons (Fsp3) is 0.300. The second kappa shape index (κ2) is 4.05. The first-order valence-electron chi connectivity index (χ1n) is 4.00. The summed E-state index contributed by atoms with van der Waals surface area (Å²) in [6.07, 6.45) is -1.15. The lowest BCUT2D eigenvalue weighted by Crippen LogP contribution is -2.05. The summed E-state index contributed by atoms with van der Waals surface area (Å²) in [5.74, 6) is 0. The molecule has 0 aliphatic carbocycles. The number of benzene rings is 1. The molecule has 0 aliphatic rings. The lowest BCUT2D eigenvalue weighted by molar-refractivity contribution is -0.153. The van der Waals surface area contributed by atoms with Crippen LogP contribution in [0.25, 0.3) is 0 Å². The van der Waals surface area contributed by atoms with Crippen molar-refractivity contribution in [3.8, 4) is 0 Å². The van der Waals surface area contributed by atoms with Gasteiger partial charge in [0.2, 0.25) is 6.29 Å². The van der Waals surface area contributed by atoms with E-state index < -0.39 is 6.29 Å². The number of aliphatic hydroxyl groups excluding tert-OH is 1. The zero-order valence-electron chi connectivity index (χ0n) is 7.65. The molecule has 0 bridgehead atoms. The van der Waals surface area contributed by atoms with Crippen LogP contribution in [0, 0.1) is 13.8 Å². The van der Waals surface area contributed by atoms with Crippen molar-refractivity contribution in [1.29, 1.82) is 0 Å². The number of hydrogen-bond donors (Lipinski definition) is 1. The van der Waals surface area contributed by atoms with Gasteiger partial charge in [-0.3, -0.25) is 4.79 Å². The third-order valence-electron chi connectivity index (χ3n) is 1.97. The second-order valence-corrected chi connectivity index (χ2v) is 2.89. The maximum atomic E-state index is 10.0. The fourth-order valence-corrected chi connectivity index (χ4v) is 1.34. The van der Waals surface area contributed by atoms with Crippen LogP contribution < -0.4 is 0 Å². The second-order valence-electron chi connectivity index (χ2n) is 2.89. The quantitative estimate of drug-likeness (QED) is 0.566. The minimum Gasteiger partial charge on any atom is -0.434 e. The van der Waals surface area contributed by atoms with E-state index in [9.17, 15) is 9.90 Å². The topological polar surface area (TPSA) is 46.5 Å². The van der Waals surface area contributed by atoms with Crippen LogP contribution in [0.2, 0.25) is 0 Å². The first-order valence-corrected chi connectivity index (χ1v) is 4.00. The molecule has 1 atom stereocenters. The van der Waals surface area contributed by atoms with E-state index in [1.54, 1.807) is 0 Å². The van der Waals surface area contributed by atoms with Crippen molar-refractivity contribution in [2.24, 2.45) is 0 Å². The Hall–Kier alpha value is -1.35. The first kappa shape index (κ1) is 9.74. The molecule has 1 aromatic rings. The minimum atomic E-state index is -1.15. The van der Waals surface area contributed by atoms with E-state index >= 15 is 0 Å². The van der Waals surface area contributed by atoms with E-state index in [2.05, 4.69) is 4.74 Å². The highest BCUT2D eigenvalue weighted by Crippen LogP contribution is 2.21. The normalized spacial score (nSPS) is 12.2. The van der Waals surface area contributed by atoms with Crippen LogP contribution in [-0.2, 0) is 9.53 Å². The van der Waals surface area contributed by atoms with Crippen LogP contribution >= 0.6 is 0 Å². The van der Waals surface area contributed by atoms with Gasteiger partial charge >= 0.3 is 0 Å². The van der Waals surface area contributed by atoms with Gasteiger partial charge in [0.25, 0.3) is 6.47 Å². The van der Waals surface area contributed by atoms with Gasteiger partial charge in [-0.2, -0.15) is 0 Å². The molecule has 0 radical (unpaired) electrons. The zero-order valence-corrected chi connectivity index (χ0v) is 7.65. The number of ether oxygens (including phenoxy) is 1. The van der Waals surface area contributed by atoms with E-state index in [0.29, 0.717) is 5.56 Å². The summed E-state index contributed by atoms with van der Waals surface area (Å²) in [4.78, 5) is 10.0. The number of aliphatic hydroxyl groups is 1. The van der Waals surface area contributed by atoms with Crippen molar-refractivity contribution < 1.29 is 14.6 Å². The van der Waals surface area contributed by atoms with Crippen molar-refractivity contribution in [2.75, 3.05) is 0 Å². The highest BCUT2D eigenvalue weighted by molar-refractivity contribution is 5.40. The Morgan fingerprint density at radius 1 is 1.38 bits per heavy atom. The molecule has 1 aromatic carbocycles. The van der Waals surface area contributed by atoms with E-state index in [1.807, 2.05) is 32.0 Å². The standard InChI is InChI=1S/C10H12O3/c1-7-4-3-5-8(2)9(7)10(12)13-6-11/h3-6,10,12H,1-2H3. The maximum absolute atomic E-state index is 10.0. The number of hydrogen-bond acceptors (Lipinski definition) is 3. The molecular formula is C10H12O3. The molecule has 3 nitrogen and oxygen atoms in total. The maximum Gasteiger partial charge on any atom is 0.295 e. The van der Waals surface area contributed by atoms with Gasteiger partial charge in [-0.05, 0) is 25.0 Å². The summed E-state index contributed by atoms with van der Waals surface area (Å²) >= 11 is 0. The van der Waals surface area contributed by atoms with Gasteiger partial charge in [-0.15, -0.1) is 0 Å². The zero-order chi connectivity index (χ0) is 9.84. The lowest BCUT2D eigenvalue weighted by Gasteiger charge is -2.13. The van der Waals surface area contributed by atoms with Crippen LogP contribution in [0.15, 0.2) is 18.2 Å². The molecule has 3 heteroatoms. The largest absolute Gasteiger partial charge is 0.434 e. The third-order valence-corrected chi connectivity index (χ3v) is 1.97. The number of aryl methyl sites for hydroxylation is 2. The van der Waals surface area contributed by atoms with Crippen LogP contribution in [-0.4, -0.2) is 11.6 Å². The van der Waals surface area contributed by atoms with E-state index in [1.165, 1.54) is 0 Å². The van der Waals surface area contributed by atoms with Gasteiger partial charge in [-0.1, -0.05) is 18.2 Å². The molecule has 0 amide bonds. The van der Waals surface area contributed by atoms with Crippen molar-refractivity contribution >= 4 is 6.47 Å². The van der Waals surface area contributed by atoms with Crippen molar-refractivity contribution in [3.05, 3.63) is 34.9 Å². The summed E-state index contributed by atoms with van der Waals surface area (Å²) < 4.78 is 4.46. The Balaban J connectivity index is 3.04. The number of rotatable bonds is 3. The molecule has 1 unspecified atom stereocenters. The van der Waals surface area contributed by atoms with E-state index in [-0.39, 0.29) is 6.47 Å². The van der Waals surface area contributed by atoms with Gasteiger partial charge < -0.3 is 9.84 Å². The van der Waals surface area contributed by atoms with E-state index in [4.69, 9.17) is 0 Å². The van der Waals surface area contributed by atoms with Crippen molar-refractivity contribution in [1.82, 2.24) is 0 Å². The molecule has 0 saturated heterocycles. The lowest BCUT2D eigenvalue weighted by atomic mass is 10.0. The minimum absolute atomic E-state index is 0.247. The monoisotopic (exact) mass is 180 g/mol. The van der Waals surface area contributed by atoms with Crippen LogP contribution in [0.5, 0.6) is 0 Å². The Morgan fingerprint density at radius 3 is 2.38 bits per heavy atom. The third kappa shape index (κ3) is 2.06. The summed E-state index contributed by atoms with van der Waals surface area (Å²) in [6.45, 7) is 3.97. The highest BCUT2D eigenvalue weighted by atomic mass is 16.6. The molecule has 0 aliphatic heterocycles. The average molecular weight is 180 g/mol. The Labute approximate surface area is 77.0 Å². The molecule has 0 aromatic heterocycles. The Morgan fingerprint density at radius 2 is 1.92 bits per heavy atom. The van der Waals surface area contributed by atoms with Crippen molar-refractivity contribution in [3.63, 3.8) is 0 Å². The summed E-state index contributed by atoms with van der Waals surface area (Å²) in [5, 5.41) is 9.43. The molecular weight excluding hydrogens is 168 g/mol.